The number of hydrogen-bond acceptors (Lipinski definition) is 2. The molecule has 0 aromatic heterocycles. The summed E-state index contributed by atoms with van der Waals surface area (Å²) in [4.78, 5) is 15.0. The Bertz CT molecular complexity index is 921. The van der Waals surface area contributed by atoms with Crippen LogP contribution in [-0.4, -0.2) is 11.0 Å². The SMILES string of the molecule is Cc1ccc2c(c1)[C@](O)(c1ccccc1)C(=O)N2Cc1ccccc1. The zero-order valence-corrected chi connectivity index (χ0v) is 14.0. The largest absolute Gasteiger partial charge is 0.372 e. The van der Waals surface area contributed by atoms with E-state index in [-0.39, 0.29) is 5.91 Å². The van der Waals surface area contributed by atoms with Gasteiger partial charge in [0.2, 0.25) is 0 Å². The van der Waals surface area contributed by atoms with Crippen molar-refractivity contribution in [2.45, 2.75) is 19.1 Å². The molecule has 0 saturated carbocycles. The lowest BCUT2D eigenvalue weighted by molar-refractivity contribution is -0.132. The van der Waals surface area contributed by atoms with E-state index >= 15 is 0 Å². The van der Waals surface area contributed by atoms with Crippen molar-refractivity contribution < 1.29 is 9.90 Å². The van der Waals surface area contributed by atoms with E-state index < -0.39 is 5.60 Å². The van der Waals surface area contributed by atoms with Crippen LogP contribution in [0.4, 0.5) is 5.69 Å². The fraction of sp³-hybridized carbons (Fsp3) is 0.136. The molecule has 3 aromatic carbocycles. The van der Waals surface area contributed by atoms with Crippen LogP contribution in [-0.2, 0) is 16.9 Å². The van der Waals surface area contributed by atoms with Crippen LogP contribution < -0.4 is 4.90 Å². The number of aryl methyl sites for hydroxylation is 1. The van der Waals surface area contributed by atoms with Gasteiger partial charge in [-0.25, -0.2) is 0 Å². The molecular weight excluding hydrogens is 310 g/mol. The molecule has 0 saturated heterocycles. The van der Waals surface area contributed by atoms with Gasteiger partial charge >= 0.3 is 0 Å². The number of benzene rings is 3. The smallest absolute Gasteiger partial charge is 0.268 e. The summed E-state index contributed by atoms with van der Waals surface area (Å²) in [7, 11) is 0. The van der Waals surface area contributed by atoms with E-state index in [4.69, 9.17) is 0 Å². The number of nitrogens with zero attached hydrogens (tertiary/aromatic N) is 1. The third-order valence-corrected chi connectivity index (χ3v) is 4.76. The maximum atomic E-state index is 13.3. The van der Waals surface area contributed by atoms with Gasteiger partial charge in [-0.15, -0.1) is 0 Å². The van der Waals surface area contributed by atoms with Crippen molar-refractivity contribution in [2.24, 2.45) is 0 Å². The molecule has 0 fully saturated rings. The minimum atomic E-state index is -1.64. The molecule has 1 aliphatic rings. The molecule has 4 rings (SSSR count). The van der Waals surface area contributed by atoms with Crippen LogP contribution in [0.1, 0.15) is 22.3 Å². The van der Waals surface area contributed by atoms with Gasteiger partial charge in [0.15, 0.2) is 5.60 Å². The zero-order valence-electron chi connectivity index (χ0n) is 14.0. The lowest BCUT2D eigenvalue weighted by atomic mass is 9.87. The molecule has 3 aromatic rings. The fourth-order valence-corrected chi connectivity index (χ4v) is 3.48. The van der Waals surface area contributed by atoms with E-state index in [1.807, 2.05) is 73.7 Å². The molecular formula is C22H19NO2. The Morgan fingerprint density at radius 1 is 0.920 bits per heavy atom. The summed E-state index contributed by atoms with van der Waals surface area (Å²) in [6.07, 6.45) is 0. The van der Waals surface area contributed by atoms with Crippen LogP contribution >= 0.6 is 0 Å². The molecule has 25 heavy (non-hydrogen) atoms. The second-order valence-corrected chi connectivity index (χ2v) is 6.47. The summed E-state index contributed by atoms with van der Waals surface area (Å²) >= 11 is 0. The van der Waals surface area contributed by atoms with Gasteiger partial charge < -0.3 is 10.0 Å². The minimum absolute atomic E-state index is 0.303. The first kappa shape index (κ1) is 15.6. The molecule has 1 amide bonds. The van der Waals surface area contributed by atoms with E-state index in [0.717, 1.165) is 16.8 Å². The number of carbonyl (C=O) groups excluding carboxylic acids is 1. The van der Waals surface area contributed by atoms with Crippen LogP contribution in [0.2, 0.25) is 0 Å². The normalized spacial score (nSPS) is 19.1. The van der Waals surface area contributed by atoms with Crippen molar-refractivity contribution in [3.8, 4) is 0 Å². The number of amides is 1. The van der Waals surface area contributed by atoms with Crippen LogP contribution in [0.5, 0.6) is 0 Å². The van der Waals surface area contributed by atoms with Gasteiger partial charge in [0.05, 0.1) is 12.2 Å². The summed E-state index contributed by atoms with van der Waals surface area (Å²) in [6, 6.07) is 24.8. The highest BCUT2D eigenvalue weighted by molar-refractivity contribution is 6.09. The Balaban J connectivity index is 1.86. The van der Waals surface area contributed by atoms with Crippen molar-refractivity contribution >= 4 is 11.6 Å². The molecule has 1 atom stereocenters. The van der Waals surface area contributed by atoms with E-state index in [1.165, 1.54) is 0 Å². The monoisotopic (exact) mass is 329 g/mol. The summed E-state index contributed by atoms with van der Waals surface area (Å²) < 4.78 is 0. The van der Waals surface area contributed by atoms with Crippen LogP contribution in [0.15, 0.2) is 78.9 Å². The summed E-state index contributed by atoms with van der Waals surface area (Å²) in [6.45, 7) is 2.40. The number of aliphatic hydroxyl groups is 1. The highest BCUT2D eigenvalue weighted by Crippen LogP contribution is 2.45. The molecule has 3 nitrogen and oxygen atoms in total. The number of hydrogen-bond donors (Lipinski definition) is 1. The Morgan fingerprint density at radius 3 is 2.24 bits per heavy atom. The van der Waals surface area contributed by atoms with Gasteiger partial charge in [-0.1, -0.05) is 78.4 Å². The van der Waals surface area contributed by atoms with E-state index in [0.29, 0.717) is 17.7 Å². The maximum absolute atomic E-state index is 13.3. The molecule has 0 bridgehead atoms. The quantitative estimate of drug-likeness (QED) is 0.794. The van der Waals surface area contributed by atoms with Crippen molar-refractivity contribution in [1.29, 1.82) is 0 Å². The molecule has 1 N–H and O–H groups in total. The average molecular weight is 329 g/mol. The van der Waals surface area contributed by atoms with Crippen LogP contribution in [0, 0.1) is 6.92 Å². The van der Waals surface area contributed by atoms with Gasteiger partial charge in [0.1, 0.15) is 0 Å². The van der Waals surface area contributed by atoms with Crippen molar-refractivity contribution in [3.05, 3.63) is 101 Å². The summed E-state index contributed by atoms with van der Waals surface area (Å²) in [5.41, 5.74) is 2.42. The Morgan fingerprint density at radius 2 is 1.56 bits per heavy atom. The fourth-order valence-electron chi connectivity index (χ4n) is 3.48. The number of carbonyl (C=O) groups is 1. The first-order valence-electron chi connectivity index (χ1n) is 8.35. The summed E-state index contributed by atoms with van der Waals surface area (Å²) in [5, 5.41) is 11.5. The molecule has 0 unspecified atom stereocenters. The topological polar surface area (TPSA) is 40.5 Å². The summed E-state index contributed by atoms with van der Waals surface area (Å²) in [5.74, 6) is -0.303. The Labute approximate surface area is 147 Å². The van der Waals surface area contributed by atoms with E-state index in [1.54, 1.807) is 17.0 Å². The van der Waals surface area contributed by atoms with Gasteiger partial charge in [-0.05, 0) is 24.1 Å². The standard InChI is InChI=1S/C22H19NO2/c1-16-12-13-20-19(14-16)22(25,18-10-6-3-7-11-18)21(24)23(20)15-17-8-4-2-5-9-17/h2-14,25H,15H2,1H3/t22-/m1/s1. The average Bonchev–Trinajstić information content (AvgIpc) is 2.86. The van der Waals surface area contributed by atoms with Gasteiger partial charge in [-0.2, -0.15) is 0 Å². The maximum Gasteiger partial charge on any atom is 0.268 e. The number of anilines is 1. The molecule has 0 radical (unpaired) electrons. The van der Waals surface area contributed by atoms with Crippen molar-refractivity contribution in [2.75, 3.05) is 4.90 Å². The zero-order chi connectivity index (χ0) is 17.4. The predicted octanol–water partition coefficient (Wildman–Crippen LogP) is 3.78. The lowest BCUT2D eigenvalue weighted by Crippen LogP contribution is -2.40. The molecule has 1 heterocycles. The highest BCUT2D eigenvalue weighted by atomic mass is 16.3. The highest BCUT2D eigenvalue weighted by Gasteiger charge is 2.50. The molecule has 124 valence electrons. The van der Waals surface area contributed by atoms with Crippen molar-refractivity contribution in [1.82, 2.24) is 0 Å². The second-order valence-electron chi connectivity index (χ2n) is 6.47. The minimum Gasteiger partial charge on any atom is -0.372 e. The molecule has 0 spiro atoms. The third-order valence-electron chi connectivity index (χ3n) is 4.76. The van der Waals surface area contributed by atoms with Gasteiger partial charge in [0, 0.05) is 5.56 Å². The van der Waals surface area contributed by atoms with Crippen LogP contribution in [0.25, 0.3) is 0 Å². The molecule has 0 aliphatic carbocycles. The van der Waals surface area contributed by atoms with E-state index in [9.17, 15) is 9.90 Å². The molecule has 3 heteroatoms. The van der Waals surface area contributed by atoms with E-state index in [2.05, 4.69) is 0 Å². The Hall–Kier alpha value is -2.91. The second kappa shape index (κ2) is 5.87. The van der Waals surface area contributed by atoms with Crippen molar-refractivity contribution in [3.63, 3.8) is 0 Å². The lowest BCUT2D eigenvalue weighted by Gasteiger charge is -2.24. The Kier molecular flexibility index (Phi) is 3.66. The predicted molar refractivity (Wildman–Crippen MR) is 98.3 cm³/mol. The first-order valence-corrected chi connectivity index (χ1v) is 8.35. The molecule has 1 aliphatic heterocycles. The van der Waals surface area contributed by atoms with Crippen LogP contribution in [0.3, 0.4) is 0 Å². The number of fused-ring (bicyclic) bond motifs is 1. The first-order chi connectivity index (χ1) is 12.1. The van der Waals surface area contributed by atoms with Gasteiger partial charge in [-0.3, -0.25) is 4.79 Å². The van der Waals surface area contributed by atoms with Gasteiger partial charge in [0.25, 0.3) is 5.91 Å². The third kappa shape index (κ3) is 2.44. The number of rotatable bonds is 3.